The lowest BCUT2D eigenvalue weighted by Crippen LogP contribution is -2.22. The van der Waals surface area contributed by atoms with Crippen molar-refractivity contribution in [2.24, 2.45) is 5.92 Å². The van der Waals surface area contributed by atoms with Crippen molar-refractivity contribution in [2.45, 2.75) is 32.2 Å². The summed E-state index contributed by atoms with van der Waals surface area (Å²) in [6.45, 7) is 1.33. The van der Waals surface area contributed by atoms with E-state index in [1.54, 1.807) is 0 Å². The number of carboxylic acids is 2. The molecule has 0 saturated heterocycles. The quantitative estimate of drug-likeness (QED) is 0.478. The number of hydrogen-bond donors (Lipinski definition) is 2. The van der Waals surface area contributed by atoms with E-state index < -0.39 is 28.8 Å². The molecule has 0 bridgehead atoms. The fraction of sp³-hybridized carbons (Fsp3) is 0.750. The Bertz CT molecular complexity index is 248. The molecule has 86 valence electrons. The highest BCUT2D eigenvalue weighted by Crippen LogP contribution is 2.17. The maximum Gasteiger partial charge on any atom is 0.303 e. The summed E-state index contributed by atoms with van der Waals surface area (Å²) in [7, 11) is 0. The van der Waals surface area contributed by atoms with Gasteiger partial charge in [-0.05, 0) is 5.92 Å². The van der Waals surface area contributed by atoms with Gasteiger partial charge in [0.1, 0.15) is 0 Å². The van der Waals surface area contributed by atoms with E-state index in [0.29, 0.717) is 0 Å². The van der Waals surface area contributed by atoms with Crippen molar-refractivity contribution in [2.75, 3.05) is 0 Å². The minimum atomic E-state index is -1.14. The molecular weight excluding hydrogens is 206 g/mol. The van der Waals surface area contributed by atoms with Crippen LogP contribution in [0.4, 0.5) is 0 Å². The standard InChI is InChI=1S/C8H13NO6/c1-5(9(14)15)2-6(3-7(10)11)4-8(12)13/h5-6H,2-4H2,1H3,(H,10,11)(H,12,13). The maximum absolute atomic E-state index is 10.4. The molecule has 0 aliphatic rings. The third-order valence-corrected chi connectivity index (χ3v) is 1.96. The predicted molar refractivity (Wildman–Crippen MR) is 49.1 cm³/mol. The summed E-state index contributed by atoms with van der Waals surface area (Å²) < 4.78 is 0. The fourth-order valence-electron chi connectivity index (χ4n) is 1.30. The van der Waals surface area contributed by atoms with Crippen LogP contribution in [-0.2, 0) is 9.59 Å². The molecule has 1 atom stereocenters. The van der Waals surface area contributed by atoms with Gasteiger partial charge in [-0.25, -0.2) is 0 Å². The second kappa shape index (κ2) is 5.94. The van der Waals surface area contributed by atoms with Crippen LogP contribution in [0.1, 0.15) is 26.2 Å². The number of nitrogens with zero attached hydrogens (tertiary/aromatic N) is 1. The molecule has 0 rings (SSSR count). The highest BCUT2D eigenvalue weighted by atomic mass is 16.6. The van der Waals surface area contributed by atoms with Gasteiger partial charge in [0.25, 0.3) is 0 Å². The lowest BCUT2D eigenvalue weighted by Gasteiger charge is -2.12. The zero-order valence-electron chi connectivity index (χ0n) is 8.25. The minimum Gasteiger partial charge on any atom is -0.481 e. The minimum absolute atomic E-state index is 0.0361. The van der Waals surface area contributed by atoms with Gasteiger partial charge < -0.3 is 10.2 Å². The SMILES string of the molecule is CC(CC(CC(=O)O)CC(=O)O)[N+](=O)[O-]. The van der Waals surface area contributed by atoms with Gasteiger partial charge >= 0.3 is 11.9 Å². The molecule has 0 radical (unpaired) electrons. The third-order valence-electron chi connectivity index (χ3n) is 1.96. The summed E-state index contributed by atoms with van der Waals surface area (Å²) in [6.07, 6.45) is -0.749. The lowest BCUT2D eigenvalue weighted by molar-refractivity contribution is -0.520. The van der Waals surface area contributed by atoms with Crippen LogP contribution >= 0.6 is 0 Å². The summed E-state index contributed by atoms with van der Waals surface area (Å²) >= 11 is 0. The lowest BCUT2D eigenvalue weighted by atomic mass is 9.94. The molecule has 2 N–H and O–H groups in total. The normalized spacial score (nSPS) is 12.4. The summed E-state index contributed by atoms with van der Waals surface area (Å²) in [5.74, 6) is -2.98. The summed E-state index contributed by atoms with van der Waals surface area (Å²) in [5.41, 5.74) is 0. The average Bonchev–Trinajstić information content (AvgIpc) is 2.00. The van der Waals surface area contributed by atoms with Crippen molar-refractivity contribution in [3.63, 3.8) is 0 Å². The first-order valence-electron chi connectivity index (χ1n) is 4.40. The molecule has 0 aliphatic carbocycles. The smallest absolute Gasteiger partial charge is 0.303 e. The van der Waals surface area contributed by atoms with E-state index in [-0.39, 0.29) is 19.3 Å². The molecule has 7 heteroatoms. The Kier molecular flexibility index (Phi) is 5.29. The van der Waals surface area contributed by atoms with Crippen molar-refractivity contribution in [1.29, 1.82) is 0 Å². The Labute approximate surface area is 85.9 Å². The zero-order valence-corrected chi connectivity index (χ0v) is 8.25. The van der Waals surface area contributed by atoms with E-state index in [1.807, 2.05) is 0 Å². The van der Waals surface area contributed by atoms with E-state index in [2.05, 4.69) is 0 Å². The van der Waals surface area contributed by atoms with Crippen molar-refractivity contribution in [3.8, 4) is 0 Å². The number of aliphatic carboxylic acids is 2. The Morgan fingerprint density at radius 2 is 1.67 bits per heavy atom. The maximum atomic E-state index is 10.4. The molecular formula is C8H13NO6. The van der Waals surface area contributed by atoms with Crippen molar-refractivity contribution >= 4 is 11.9 Å². The van der Waals surface area contributed by atoms with Gasteiger partial charge in [-0.1, -0.05) is 0 Å². The average molecular weight is 219 g/mol. The van der Waals surface area contributed by atoms with Crippen LogP contribution in [0.3, 0.4) is 0 Å². The van der Waals surface area contributed by atoms with Crippen LogP contribution in [0.5, 0.6) is 0 Å². The topological polar surface area (TPSA) is 118 Å². The number of carboxylic acid groups (broad SMARTS) is 2. The molecule has 0 spiro atoms. The van der Waals surface area contributed by atoms with Gasteiger partial charge in [0, 0.05) is 31.1 Å². The van der Waals surface area contributed by atoms with E-state index in [0.717, 1.165) is 0 Å². The van der Waals surface area contributed by atoms with Crippen LogP contribution in [0.15, 0.2) is 0 Å². The number of carbonyl (C=O) groups is 2. The zero-order chi connectivity index (χ0) is 12.0. The molecule has 0 aromatic rings. The van der Waals surface area contributed by atoms with Gasteiger partial charge in [0.05, 0.1) is 0 Å². The monoisotopic (exact) mass is 219 g/mol. The van der Waals surface area contributed by atoms with Crippen LogP contribution in [0.25, 0.3) is 0 Å². The Hall–Kier alpha value is -1.66. The van der Waals surface area contributed by atoms with Gasteiger partial charge in [-0.2, -0.15) is 0 Å². The first-order valence-corrected chi connectivity index (χ1v) is 4.40. The van der Waals surface area contributed by atoms with E-state index in [1.165, 1.54) is 6.92 Å². The first kappa shape index (κ1) is 13.3. The van der Waals surface area contributed by atoms with E-state index >= 15 is 0 Å². The van der Waals surface area contributed by atoms with Gasteiger partial charge in [-0.15, -0.1) is 0 Å². The summed E-state index contributed by atoms with van der Waals surface area (Å²) in [4.78, 5) is 30.5. The summed E-state index contributed by atoms with van der Waals surface area (Å²) in [5, 5.41) is 27.3. The highest BCUT2D eigenvalue weighted by Gasteiger charge is 2.24. The molecule has 0 aliphatic heterocycles. The second-order valence-corrected chi connectivity index (χ2v) is 3.43. The highest BCUT2D eigenvalue weighted by molar-refractivity contribution is 5.70. The molecule has 15 heavy (non-hydrogen) atoms. The van der Waals surface area contributed by atoms with Crippen molar-refractivity contribution in [3.05, 3.63) is 10.1 Å². The largest absolute Gasteiger partial charge is 0.481 e. The molecule has 0 fully saturated rings. The Morgan fingerprint density at radius 1 is 1.27 bits per heavy atom. The van der Waals surface area contributed by atoms with E-state index in [4.69, 9.17) is 10.2 Å². The predicted octanol–water partition coefficient (Wildman–Crippen LogP) is 0.607. The van der Waals surface area contributed by atoms with Gasteiger partial charge in [0.2, 0.25) is 6.04 Å². The molecule has 0 saturated carbocycles. The molecule has 0 aromatic heterocycles. The second-order valence-electron chi connectivity index (χ2n) is 3.43. The Balaban J connectivity index is 4.29. The van der Waals surface area contributed by atoms with E-state index in [9.17, 15) is 19.7 Å². The van der Waals surface area contributed by atoms with Crippen molar-refractivity contribution in [1.82, 2.24) is 0 Å². The number of nitro groups is 1. The number of hydrogen-bond acceptors (Lipinski definition) is 4. The first-order chi connectivity index (χ1) is 6.82. The van der Waals surface area contributed by atoms with Gasteiger partial charge in [-0.3, -0.25) is 19.7 Å². The summed E-state index contributed by atoms with van der Waals surface area (Å²) in [6, 6.07) is -0.923. The molecule has 1 unspecified atom stereocenters. The van der Waals surface area contributed by atoms with Crippen LogP contribution in [-0.4, -0.2) is 33.1 Å². The van der Waals surface area contributed by atoms with Gasteiger partial charge in [0.15, 0.2) is 0 Å². The molecule has 0 heterocycles. The number of rotatable bonds is 7. The third kappa shape index (κ3) is 6.42. The van der Waals surface area contributed by atoms with Crippen LogP contribution < -0.4 is 0 Å². The molecule has 0 aromatic carbocycles. The molecule has 0 amide bonds. The molecule has 7 nitrogen and oxygen atoms in total. The van der Waals surface area contributed by atoms with Crippen LogP contribution in [0.2, 0.25) is 0 Å². The fourth-order valence-corrected chi connectivity index (χ4v) is 1.30. The van der Waals surface area contributed by atoms with Crippen molar-refractivity contribution < 1.29 is 24.7 Å². The van der Waals surface area contributed by atoms with Crippen LogP contribution in [0, 0.1) is 16.0 Å². The Morgan fingerprint density at radius 3 is 1.93 bits per heavy atom.